The molecule has 0 spiro atoms. The van der Waals surface area contributed by atoms with Crippen molar-refractivity contribution in [3.05, 3.63) is 12.7 Å². The van der Waals surface area contributed by atoms with Crippen LogP contribution in [0.2, 0.25) is 0 Å². The Balaban J connectivity index is 2.13. The highest BCUT2D eigenvalue weighted by Crippen LogP contribution is 2.23. The first kappa shape index (κ1) is 12.6. The summed E-state index contributed by atoms with van der Waals surface area (Å²) in [6.45, 7) is 4.70. The van der Waals surface area contributed by atoms with E-state index in [4.69, 9.17) is 5.26 Å². The SMILES string of the molecule is C=CCSCCNC1CCCCC1C#N. The number of rotatable bonds is 6. The van der Waals surface area contributed by atoms with Gasteiger partial charge in [0.25, 0.3) is 0 Å². The molecule has 0 aliphatic heterocycles. The fourth-order valence-electron chi connectivity index (χ4n) is 2.01. The zero-order chi connectivity index (χ0) is 10.9. The van der Waals surface area contributed by atoms with Crippen LogP contribution in [0, 0.1) is 17.2 Å². The second kappa shape index (κ2) is 7.78. The summed E-state index contributed by atoms with van der Waals surface area (Å²) in [5.74, 6) is 2.37. The monoisotopic (exact) mass is 224 g/mol. The van der Waals surface area contributed by atoms with Crippen LogP contribution in [0.3, 0.4) is 0 Å². The highest BCUT2D eigenvalue weighted by atomic mass is 32.2. The maximum atomic E-state index is 8.99. The van der Waals surface area contributed by atoms with Gasteiger partial charge in [0.2, 0.25) is 0 Å². The van der Waals surface area contributed by atoms with Crippen molar-refractivity contribution in [3.63, 3.8) is 0 Å². The van der Waals surface area contributed by atoms with Crippen molar-refractivity contribution < 1.29 is 0 Å². The van der Waals surface area contributed by atoms with Crippen molar-refractivity contribution >= 4 is 11.8 Å². The molecule has 0 bridgehead atoms. The molecule has 0 radical (unpaired) electrons. The standard InChI is InChI=1S/C12H20N2S/c1-2-8-15-9-7-14-12-6-4-3-5-11(12)10-13/h2,11-12,14H,1,3-9H2. The number of nitriles is 1. The van der Waals surface area contributed by atoms with Crippen molar-refractivity contribution in [1.82, 2.24) is 5.32 Å². The summed E-state index contributed by atoms with van der Waals surface area (Å²) in [6.07, 6.45) is 6.68. The molecule has 1 saturated carbocycles. The minimum absolute atomic E-state index is 0.239. The highest BCUT2D eigenvalue weighted by Gasteiger charge is 2.23. The summed E-state index contributed by atoms with van der Waals surface area (Å²) in [7, 11) is 0. The van der Waals surface area contributed by atoms with E-state index in [1.807, 2.05) is 17.8 Å². The molecule has 3 heteroatoms. The largest absolute Gasteiger partial charge is 0.312 e. The Hall–Kier alpha value is -0.460. The van der Waals surface area contributed by atoms with E-state index in [0.717, 1.165) is 24.5 Å². The minimum atomic E-state index is 0.239. The summed E-state index contributed by atoms with van der Waals surface area (Å²) in [5.41, 5.74) is 0. The predicted molar refractivity (Wildman–Crippen MR) is 66.9 cm³/mol. The van der Waals surface area contributed by atoms with E-state index in [0.29, 0.717) is 6.04 Å². The number of hydrogen-bond acceptors (Lipinski definition) is 3. The van der Waals surface area contributed by atoms with Crippen molar-refractivity contribution in [3.8, 4) is 6.07 Å². The molecule has 2 nitrogen and oxygen atoms in total. The fraction of sp³-hybridized carbons (Fsp3) is 0.750. The molecule has 0 aromatic rings. The quantitative estimate of drug-likeness (QED) is 0.556. The third-order valence-corrected chi connectivity index (χ3v) is 3.78. The molecular weight excluding hydrogens is 204 g/mol. The van der Waals surface area contributed by atoms with Gasteiger partial charge in [-0.05, 0) is 12.8 Å². The fourth-order valence-corrected chi connectivity index (χ4v) is 2.61. The molecule has 1 aliphatic rings. The van der Waals surface area contributed by atoms with E-state index in [1.54, 1.807) is 0 Å². The molecule has 1 aliphatic carbocycles. The lowest BCUT2D eigenvalue weighted by molar-refractivity contribution is 0.318. The van der Waals surface area contributed by atoms with Gasteiger partial charge >= 0.3 is 0 Å². The van der Waals surface area contributed by atoms with Crippen molar-refractivity contribution in [2.75, 3.05) is 18.1 Å². The summed E-state index contributed by atoms with van der Waals surface area (Å²) in [5, 5.41) is 12.5. The van der Waals surface area contributed by atoms with Crippen LogP contribution in [0.1, 0.15) is 25.7 Å². The van der Waals surface area contributed by atoms with Gasteiger partial charge in [0, 0.05) is 24.1 Å². The third kappa shape index (κ3) is 4.72. The van der Waals surface area contributed by atoms with E-state index in [1.165, 1.54) is 19.3 Å². The predicted octanol–water partition coefficient (Wildman–Crippen LogP) is 2.58. The van der Waals surface area contributed by atoms with Gasteiger partial charge in [-0.15, -0.1) is 6.58 Å². The van der Waals surface area contributed by atoms with Gasteiger partial charge < -0.3 is 5.32 Å². The minimum Gasteiger partial charge on any atom is -0.312 e. The first-order chi connectivity index (χ1) is 7.38. The Morgan fingerprint density at radius 3 is 3.00 bits per heavy atom. The van der Waals surface area contributed by atoms with Gasteiger partial charge in [0.15, 0.2) is 0 Å². The van der Waals surface area contributed by atoms with Gasteiger partial charge in [-0.25, -0.2) is 0 Å². The van der Waals surface area contributed by atoms with E-state index >= 15 is 0 Å². The van der Waals surface area contributed by atoms with E-state index in [9.17, 15) is 0 Å². The average Bonchev–Trinajstić information content (AvgIpc) is 2.29. The highest BCUT2D eigenvalue weighted by molar-refractivity contribution is 7.99. The van der Waals surface area contributed by atoms with Crippen molar-refractivity contribution in [2.45, 2.75) is 31.7 Å². The molecule has 1 N–H and O–H groups in total. The summed E-state index contributed by atoms with van der Waals surface area (Å²) >= 11 is 1.89. The summed E-state index contributed by atoms with van der Waals surface area (Å²) < 4.78 is 0. The topological polar surface area (TPSA) is 35.8 Å². The van der Waals surface area contributed by atoms with Crippen molar-refractivity contribution in [1.29, 1.82) is 5.26 Å². The zero-order valence-corrected chi connectivity index (χ0v) is 10.1. The molecule has 0 amide bonds. The molecule has 0 saturated heterocycles. The lowest BCUT2D eigenvalue weighted by Gasteiger charge is -2.27. The lowest BCUT2D eigenvalue weighted by Crippen LogP contribution is -2.39. The van der Waals surface area contributed by atoms with Crippen LogP contribution in [0.5, 0.6) is 0 Å². The molecule has 0 heterocycles. The first-order valence-corrected chi connectivity index (χ1v) is 6.85. The molecule has 84 valence electrons. The Morgan fingerprint density at radius 2 is 2.27 bits per heavy atom. The van der Waals surface area contributed by atoms with Gasteiger partial charge in [-0.1, -0.05) is 18.9 Å². The van der Waals surface area contributed by atoms with Gasteiger partial charge in [-0.2, -0.15) is 17.0 Å². The molecule has 0 aromatic heterocycles. The maximum Gasteiger partial charge on any atom is 0.0672 e. The van der Waals surface area contributed by atoms with Gasteiger partial charge in [0.1, 0.15) is 0 Å². The molecular formula is C12H20N2S. The van der Waals surface area contributed by atoms with Gasteiger partial charge in [-0.3, -0.25) is 0 Å². The van der Waals surface area contributed by atoms with Crippen molar-refractivity contribution in [2.24, 2.45) is 5.92 Å². The number of hydrogen-bond donors (Lipinski definition) is 1. The molecule has 1 fully saturated rings. The van der Waals surface area contributed by atoms with Crippen LogP contribution in [-0.2, 0) is 0 Å². The summed E-state index contributed by atoms with van der Waals surface area (Å²) in [6, 6.07) is 2.86. The van der Waals surface area contributed by atoms with Crippen LogP contribution in [0.4, 0.5) is 0 Å². The lowest BCUT2D eigenvalue weighted by atomic mass is 9.85. The van der Waals surface area contributed by atoms with Crippen LogP contribution in [-0.4, -0.2) is 24.1 Å². The second-order valence-electron chi connectivity index (χ2n) is 3.94. The normalized spacial score (nSPS) is 25.8. The Bertz CT molecular complexity index is 222. The van der Waals surface area contributed by atoms with Crippen LogP contribution in [0.15, 0.2) is 12.7 Å². The van der Waals surface area contributed by atoms with Crippen LogP contribution in [0.25, 0.3) is 0 Å². The van der Waals surface area contributed by atoms with E-state index < -0.39 is 0 Å². The Kier molecular flexibility index (Phi) is 6.54. The average molecular weight is 224 g/mol. The molecule has 2 atom stereocenters. The summed E-state index contributed by atoms with van der Waals surface area (Å²) in [4.78, 5) is 0. The van der Waals surface area contributed by atoms with Crippen LogP contribution >= 0.6 is 11.8 Å². The Labute approximate surface area is 97.1 Å². The zero-order valence-electron chi connectivity index (χ0n) is 9.24. The molecule has 2 unspecified atom stereocenters. The maximum absolute atomic E-state index is 8.99. The molecule has 1 rings (SSSR count). The Morgan fingerprint density at radius 1 is 1.47 bits per heavy atom. The first-order valence-electron chi connectivity index (χ1n) is 5.70. The smallest absolute Gasteiger partial charge is 0.0672 e. The van der Waals surface area contributed by atoms with Crippen LogP contribution < -0.4 is 5.32 Å². The second-order valence-corrected chi connectivity index (χ2v) is 5.09. The van der Waals surface area contributed by atoms with E-state index in [-0.39, 0.29) is 5.92 Å². The van der Waals surface area contributed by atoms with Gasteiger partial charge in [0.05, 0.1) is 12.0 Å². The number of nitrogens with zero attached hydrogens (tertiary/aromatic N) is 1. The third-order valence-electron chi connectivity index (χ3n) is 2.82. The molecule has 0 aromatic carbocycles. The molecule has 15 heavy (non-hydrogen) atoms. The van der Waals surface area contributed by atoms with E-state index in [2.05, 4.69) is 18.0 Å². The number of thioether (sulfide) groups is 1. The number of nitrogens with one attached hydrogen (secondary N) is 1.